The molecule has 0 aromatic heterocycles. The highest BCUT2D eigenvalue weighted by molar-refractivity contribution is 5.79. The van der Waals surface area contributed by atoms with E-state index in [-0.39, 0.29) is 24.1 Å². The molecule has 4 nitrogen and oxygen atoms in total. The van der Waals surface area contributed by atoms with Crippen LogP contribution in [0.1, 0.15) is 31.7 Å². The van der Waals surface area contributed by atoms with Gasteiger partial charge in [0.05, 0.1) is 6.42 Å². The maximum Gasteiger partial charge on any atom is 0.387 e. The zero-order valence-corrected chi connectivity index (χ0v) is 13.4. The minimum Gasteiger partial charge on any atom is -0.435 e. The van der Waals surface area contributed by atoms with Gasteiger partial charge in [-0.2, -0.15) is 8.78 Å². The molecule has 0 bridgehead atoms. The number of piperidine rings is 1. The van der Waals surface area contributed by atoms with Crippen molar-refractivity contribution in [3.05, 3.63) is 29.8 Å². The highest BCUT2D eigenvalue weighted by atomic mass is 19.3. The van der Waals surface area contributed by atoms with Crippen LogP contribution < -0.4 is 10.1 Å². The summed E-state index contributed by atoms with van der Waals surface area (Å²) >= 11 is 0. The summed E-state index contributed by atoms with van der Waals surface area (Å²) in [5, 5.41) is 3.29. The molecule has 0 atom stereocenters. The van der Waals surface area contributed by atoms with Gasteiger partial charge < -0.3 is 15.0 Å². The van der Waals surface area contributed by atoms with Crippen molar-refractivity contribution in [2.75, 3.05) is 19.6 Å². The molecule has 1 amide bonds. The molecule has 1 aromatic rings. The molecule has 1 fully saturated rings. The number of carbonyl (C=O) groups excluding carboxylic acids is 1. The third-order valence-electron chi connectivity index (χ3n) is 4.06. The first-order valence-electron chi connectivity index (χ1n) is 8.14. The van der Waals surface area contributed by atoms with Gasteiger partial charge in [0.1, 0.15) is 5.75 Å². The standard InChI is InChI=1S/C17H24F2N2O2/c1-2-11-21(14-7-9-20-10-8-14)16(22)12-13-5-3-4-6-15(13)23-17(18)19/h3-6,14,17,20H,2,7-12H2,1H3. The number of ether oxygens (including phenoxy) is 1. The summed E-state index contributed by atoms with van der Waals surface area (Å²) in [5.41, 5.74) is 0.507. The van der Waals surface area contributed by atoms with Crippen LogP contribution in [0.15, 0.2) is 24.3 Å². The number of carbonyl (C=O) groups is 1. The van der Waals surface area contributed by atoms with E-state index >= 15 is 0 Å². The van der Waals surface area contributed by atoms with E-state index < -0.39 is 6.61 Å². The van der Waals surface area contributed by atoms with Gasteiger partial charge in [-0.25, -0.2) is 0 Å². The van der Waals surface area contributed by atoms with Crippen LogP contribution in [-0.4, -0.2) is 43.1 Å². The second-order valence-electron chi connectivity index (χ2n) is 5.73. The van der Waals surface area contributed by atoms with Gasteiger partial charge in [0.25, 0.3) is 0 Å². The van der Waals surface area contributed by atoms with E-state index in [1.165, 1.54) is 6.07 Å². The maximum atomic E-state index is 12.7. The SMILES string of the molecule is CCCN(C(=O)Cc1ccccc1OC(F)F)C1CCNCC1. The van der Waals surface area contributed by atoms with Crippen molar-refractivity contribution in [1.82, 2.24) is 10.2 Å². The fourth-order valence-corrected chi connectivity index (χ4v) is 3.00. The van der Waals surface area contributed by atoms with Crippen LogP contribution in [0.5, 0.6) is 5.75 Å². The Morgan fingerprint density at radius 2 is 2.04 bits per heavy atom. The molecule has 1 N–H and O–H groups in total. The third-order valence-corrected chi connectivity index (χ3v) is 4.06. The average Bonchev–Trinajstić information content (AvgIpc) is 2.54. The van der Waals surface area contributed by atoms with Crippen LogP contribution in [0.3, 0.4) is 0 Å². The molecule has 1 aromatic carbocycles. The number of benzene rings is 1. The number of alkyl halides is 2. The van der Waals surface area contributed by atoms with Gasteiger partial charge >= 0.3 is 6.61 Å². The van der Waals surface area contributed by atoms with Crippen molar-refractivity contribution in [3.63, 3.8) is 0 Å². The van der Waals surface area contributed by atoms with Gasteiger partial charge in [0.15, 0.2) is 0 Å². The molecule has 0 unspecified atom stereocenters. The highest BCUT2D eigenvalue weighted by Crippen LogP contribution is 2.22. The lowest BCUT2D eigenvalue weighted by molar-refractivity contribution is -0.133. The quantitative estimate of drug-likeness (QED) is 0.838. The highest BCUT2D eigenvalue weighted by Gasteiger charge is 2.25. The minimum atomic E-state index is -2.89. The number of amides is 1. The van der Waals surface area contributed by atoms with Gasteiger partial charge in [0.2, 0.25) is 5.91 Å². The summed E-state index contributed by atoms with van der Waals surface area (Å²) in [6, 6.07) is 6.73. The zero-order valence-electron chi connectivity index (χ0n) is 13.4. The summed E-state index contributed by atoms with van der Waals surface area (Å²) in [6.07, 6.45) is 2.83. The normalized spacial score (nSPS) is 15.7. The Balaban J connectivity index is 2.08. The monoisotopic (exact) mass is 326 g/mol. The Bertz CT molecular complexity index is 505. The van der Waals surface area contributed by atoms with E-state index in [1.807, 2.05) is 11.8 Å². The molecular formula is C17H24F2N2O2. The maximum absolute atomic E-state index is 12.7. The van der Waals surface area contributed by atoms with E-state index in [2.05, 4.69) is 10.1 Å². The zero-order chi connectivity index (χ0) is 16.7. The summed E-state index contributed by atoms with van der Waals surface area (Å²) in [4.78, 5) is 14.6. The molecule has 1 aliphatic heterocycles. The number of hydrogen-bond donors (Lipinski definition) is 1. The van der Waals surface area contributed by atoms with E-state index in [1.54, 1.807) is 18.2 Å². The molecule has 0 radical (unpaired) electrons. The molecule has 0 aliphatic carbocycles. The smallest absolute Gasteiger partial charge is 0.387 e. The van der Waals surface area contributed by atoms with Crippen LogP contribution in [0, 0.1) is 0 Å². The first-order chi connectivity index (χ1) is 11.1. The summed E-state index contributed by atoms with van der Waals surface area (Å²) in [5.74, 6) is 0.0571. The molecule has 0 spiro atoms. The van der Waals surface area contributed by atoms with Crippen molar-refractivity contribution >= 4 is 5.91 Å². The molecule has 1 aliphatic rings. The minimum absolute atomic E-state index is 0.0240. The van der Waals surface area contributed by atoms with Crippen LogP contribution in [0.2, 0.25) is 0 Å². The Labute approximate surface area is 135 Å². The van der Waals surface area contributed by atoms with Crippen LogP contribution >= 0.6 is 0 Å². The number of nitrogens with zero attached hydrogens (tertiary/aromatic N) is 1. The second kappa shape index (κ2) is 8.82. The average molecular weight is 326 g/mol. The Morgan fingerprint density at radius 1 is 1.35 bits per heavy atom. The molecule has 6 heteroatoms. The molecular weight excluding hydrogens is 302 g/mol. The summed E-state index contributed by atoms with van der Waals surface area (Å²) < 4.78 is 29.5. The van der Waals surface area contributed by atoms with E-state index in [0.29, 0.717) is 12.1 Å². The molecule has 1 heterocycles. The predicted octanol–water partition coefficient (Wildman–Crippen LogP) is 2.82. The molecule has 23 heavy (non-hydrogen) atoms. The molecule has 0 saturated carbocycles. The number of hydrogen-bond acceptors (Lipinski definition) is 3. The summed E-state index contributed by atoms with van der Waals surface area (Å²) in [6.45, 7) is 1.66. The van der Waals surface area contributed by atoms with E-state index in [4.69, 9.17) is 0 Å². The lowest BCUT2D eigenvalue weighted by atomic mass is 10.0. The van der Waals surface area contributed by atoms with Gasteiger partial charge in [-0.1, -0.05) is 25.1 Å². The van der Waals surface area contributed by atoms with Crippen molar-refractivity contribution < 1.29 is 18.3 Å². The van der Waals surface area contributed by atoms with Crippen molar-refractivity contribution in [3.8, 4) is 5.75 Å². The predicted molar refractivity (Wildman–Crippen MR) is 84.7 cm³/mol. The molecule has 128 valence electrons. The van der Waals surface area contributed by atoms with Gasteiger partial charge in [0, 0.05) is 18.2 Å². The fourth-order valence-electron chi connectivity index (χ4n) is 3.00. The Morgan fingerprint density at radius 3 is 2.70 bits per heavy atom. The fraction of sp³-hybridized carbons (Fsp3) is 0.588. The lowest BCUT2D eigenvalue weighted by Crippen LogP contribution is -2.47. The largest absolute Gasteiger partial charge is 0.435 e. The second-order valence-corrected chi connectivity index (χ2v) is 5.73. The Kier molecular flexibility index (Phi) is 6.77. The van der Waals surface area contributed by atoms with Gasteiger partial charge in [-0.3, -0.25) is 4.79 Å². The molecule has 1 saturated heterocycles. The first-order valence-corrected chi connectivity index (χ1v) is 8.14. The van der Waals surface area contributed by atoms with Gasteiger partial charge in [-0.05, 0) is 38.4 Å². The lowest BCUT2D eigenvalue weighted by Gasteiger charge is -2.34. The van der Waals surface area contributed by atoms with Crippen LogP contribution in [-0.2, 0) is 11.2 Å². The first kappa shape index (κ1) is 17.7. The third kappa shape index (κ3) is 5.16. The number of para-hydroxylation sites is 1. The van der Waals surface area contributed by atoms with E-state index in [0.717, 1.165) is 32.4 Å². The van der Waals surface area contributed by atoms with Crippen molar-refractivity contribution in [1.29, 1.82) is 0 Å². The van der Waals surface area contributed by atoms with Crippen LogP contribution in [0.25, 0.3) is 0 Å². The number of nitrogens with one attached hydrogen (secondary N) is 1. The topological polar surface area (TPSA) is 41.6 Å². The number of rotatable bonds is 7. The van der Waals surface area contributed by atoms with Gasteiger partial charge in [-0.15, -0.1) is 0 Å². The molecule has 2 rings (SSSR count). The van der Waals surface area contributed by atoms with E-state index in [9.17, 15) is 13.6 Å². The summed E-state index contributed by atoms with van der Waals surface area (Å²) in [7, 11) is 0. The Hall–Kier alpha value is -1.69. The number of halogens is 2. The van der Waals surface area contributed by atoms with Crippen molar-refractivity contribution in [2.45, 2.75) is 45.3 Å². The van der Waals surface area contributed by atoms with Crippen molar-refractivity contribution in [2.24, 2.45) is 0 Å². The van der Waals surface area contributed by atoms with Crippen LogP contribution in [0.4, 0.5) is 8.78 Å².